The lowest BCUT2D eigenvalue weighted by Gasteiger charge is -2.09. The summed E-state index contributed by atoms with van der Waals surface area (Å²) in [7, 11) is 0. The molecule has 2 aromatic rings. The van der Waals surface area contributed by atoms with Gasteiger partial charge in [0.2, 0.25) is 0 Å². The molecule has 0 fully saturated rings. The molecule has 0 aliphatic heterocycles. The van der Waals surface area contributed by atoms with Crippen LogP contribution in [0.1, 0.15) is 11.3 Å². The molecule has 1 aromatic carbocycles. The van der Waals surface area contributed by atoms with Crippen molar-refractivity contribution in [3.8, 4) is 5.75 Å². The second-order valence-electron chi connectivity index (χ2n) is 3.89. The van der Waals surface area contributed by atoms with E-state index in [1.54, 1.807) is 18.3 Å². The van der Waals surface area contributed by atoms with Gasteiger partial charge in [-0.25, -0.2) is 0 Å². The van der Waals surface area contributed by atoms with E-state index in [-0.39, 0.29) is 6.61 Å². The first-order valence-electron chi connectivity index (χ1n) is 5.45. The Kier molecular flexibility index (Phi) is 3.59. The van der Waals surface area contributed by atoms with Crippen LogP contribution in [0.5, 0.6) is 5.75 Å². The molecule has 0 atom stereocenters. The average molecular weight is 268 g/mol. The molecule has 0 aliphatic rings. The van der Waals surface area contributed by atoms with Crippen LogP contribution < -0.4 is 10.5 Å². The van der Waals surface area contributed by atoms with Gasteiger partial charge in [0.05, 0.1) is 11.3 Å². The maximum Gasteiger partial charge on any atom is 0.416 e. The molecule has 0 radical (unpaired) electrons. The first-order chi connectivity index (χ1) is 8.95. The van der Waals surface area contributed by atoms with Gasteiger partial charge in [0.25, 0.3) is 0 Å². The standard InChI is InChI=1S/C13H11F3N2O/c14-13(15,16)9-1-3-12(4-2-9)19-8-11-7-10(17)5-6-18-11/h1-7H,8H2,(H2,17,18). The van der Waals surface area contributed by atoms with Gasteiger partial charge in [-0.05, 0) is 36.4 Å². The number of nitrogen functional groups attached to an aromatic ring is 1. The summed E-state index contributed by atoms with van der Waals surface area (Å²) in [6.45, 7) is 0.149. The van der Waals surface area contributed by atoms with Crippen LogP contribution in [0.3, 0.4) is 0 Å². The largest absolute Gasteiger partial charge is 0.487 e. The van der Waals surface area contributed by atoms with Crippen molar-refractivity contribution in [2.24, 2.45) is 0 Å². The minimum absolute atomic E-state index is 0.149. The zero-order valence-corrected chi connectivity index (χ0v) is 9.82. The molecule has 19 heavy (non-hydrogen) atoms. The van der Waals surface area contributed by atoms with Crippen molar-refractivity contribution in [1.29, 1.82) is 0 Å². The van der Waals surface area contributed by atoms with Crippen molar-refractivity contribution in [1.82, 2.24) is 4.98 Å². The number of rotatable bonds is 3. The van der Waals surface area contributed by atoms with Crippen LogP contribution in [0.15, 0.2) is 42.6 Å². The fourth-order valence-corrected chi connectivity index (χ4v) is 1.47. The van der Waals surface area contributed by atoms with Crippen molar-refractivity contribution in [2.45, 2.75) is 12.8 Å². The van der Waals surface area contributed by atoms with E-state index >= 15 is 0 Å². The molecule has 3 nitrogen and oxygen atoms in total. The van der Waals surface area contributed by atoms with E-state index in [9.17, 15) is 13.2 Å². The number of pyridine rings is 1. The number of ether oxygens (including phenoxy) is 1. The SMILES string of the molecule is Nc1ccnc(COc2ccc(C(F)(F)F)cc2)c1. The van der Waals surface area contributed by atoms with Gasteiger partial charge in [0.15, 0.2) is 0 Å². The Morgan fingerprint density at radius 1 is 1.11 bits per heavy atom. The lowest BCUT2D eigenvalue weighted by Crippen LogP contribution is -2.04. The highest BCUT2D eigenvalue weighted by Gasteiger charge is 2.29. The predicted molar refractivity (Wildman–Crippen MR) is 64.4 cm³/mol. The van der Waals surface area contributed by atoms with E-state index in [0.717, 1.165) is 12.1 Å². The van der Waals surface area contributed by atoms with Crippen LogP contribution in [-0.4, -0.2) is 4.98 Å². The molecule has 0 bridgehead atoms. The first kappa shape index (κ1) is 13.2. The second-order valence-corrected chi connectivity index (χ2v) is 3.89. The summed E-state index contributed by atoms with van der Waals surface area (Å²) in [5.74, 6) is 0.345. The minimum Gasteiger partial charge on any atom is -0.487 e. The number of halogens is 3. The quantitative estimate of drug-likeness (QED) is 0.929. The summed E-state index contributed by atoms with van der Waals surface area (Å²) < 4.78 is 42.4. The van der Waals surface area contributed by atoms with Gasteiger partial charge in [-0.3, -0.25) is 4.98 Å². The third-order valence-corrected chi connectivity index (χ3v) is 2.41. The van der Waals surface area contributed by atoms with Gasteiger partial charge >= 0.3 is 6.18 Å². The van der Waals surface area contributed by atoms with E-state index in [4.69, 9.17) is 10.5 Å². The number of aromatic nitrogens is 1. The van der Waals surface area contributed by atoms with Crippen molar-refractivity contribution in [3.05, 3.63) is 53.9 Å². The Hall–Kier alpha value is -2.24. The number of alkyl halides is 3. The van der Waals surface area contributed by atoms with E-state index in [1.165, 1.54) is 12.1 Å². The third-order valence-electron chi connectivity index (χ3n) is 2.41. The fourth-order valence-electron chi connectivity index (χ4n) is 1.47. The summed E-state index contributed by atoms with van der Waals surface area (Å²) in [5, 5.41) is 0. The number of benzene rings is 1. The van der Waals surface area contributed by atoms with E-state index in [1.807, 2.05) is 0 Å². The molecule has 2 N–H and O–H groups in total. The Balaban J connectivity index is 2.01. The number of nitrogens with two attached hydrogens (primary N) is 1. The van der Waals surface area contributed by atoms with Crippen LogP contribution in [0.4, 0.5) is 18.9 Å². The molecule has 6 heteroatoms. The molecule has 100 valence electrons. The Morgan fingerprint density at radius 3 is 2.37 bits per heavy atom. The molecule has 0 unspecified atom stereocenters. The van der Waals surface area contributed by atoms with E-state index in [0.29, 0.717) is 17.1 Å². The normalized spacial score (nSPS) is 11.3. The smallest absolute Gasteiger partial charge is 0.416 e. The monoisotopic (exact) mass is 268 g/mol. The van der Waals surface area contributed by atoms with Crippen LogP contribution in [0.2, 0.25) is 0 Å². The van der Waals surface area contributed by atoms with Crippen LogP contribution in [0, 0.1) is 0 Å². The molecule has 1 heterocycles. The molecule has 0 aliphatic carbocycles. The predicted octanol–water partition coefficient (Wildman–Crippen LogP) is 3.26. The van der Waals surface area contributed by atoms with Gasteiger partial charge < -0.3 is 10.5 Å². The third kappa shape index (κ3) is 3.61. The average Bonchev–Trinajstić information content (AvgIpc) is 2.36. The van der Waals surface area contributed by atoms with Gasteiger partial charge in [0.1, 0.15) is 12.4 Å². The molecule has 1 aromatic heterocycles. The van der Waals surface area contributed by atoms with Gasteiger partial charge in [-0.1, -0.05) is 0 Å². The molecule has 0 saturated carbocycles. The van der Waals surface area contributed by atoms with E-state index in [2.05, 4.69) is 4.98 Å². The maximum absolute atomic E-state index is 12.4. The minimum atomic E-state index is -4.34. The van der Waals surface area contributed by atoms with Gasteiger partial charge in [-0.15, -0.1) is 0 Å². The fraction of sp³-hybridized carbons (Fsp3) is 0.154. The van der Waals surface area contributed by atoms with Gasteiger partial charge in [-0.2, -0.15) is 13.2 Å². The Labute approximate surface area is 107 Å². The summed E-state index contributed by atoms with van der Waals surface area (Å²) in [6.07, 6.45) is -2.80. The zero-order chi connectivity index (χ0) is 13.9. The Bertz CT molecular complexity index is 553. The Morgan fingerprint density at radius 2 is 1.79 bits per heavy atom. The number of nitrogens with zero attached hydrogens (tertiary/aromatic N) is 1. The lowest BCUT2D eigenvalue weighted by atomic mass is 10.2. The highest BCUT2D eigenvalue weighted by molar-refractivity contribution is 5.37. The number of hydrogen-bond donors (Lipinski definition) is 1. The molecular formula is C13H11F3N2O. The maximum atomic E-state index is 12.4. The topological polar surface area (TPSA) is 48.1 Å². The van der Waals surface area contributed by atoms with Crippen molar-refractivity contribution in [2.75, 3.05) is 5.73 Å². The summed E-state index contributed by atoms with van der Waals surface area (Å²) >= 11 is 0. The zero-order valence-electron chi connectivity index (χ0n) is 9.82. The van der Waals surface area contributed by atoms with Crippen molar-refractivity contribution < 1.29 is 17.9 Å². The number of anilines is 1. The van der Waals surface area contributed by atoms with E-state index < -0.39 is 11.7 Å². The van der Waals surface area contributed by atoms with Gasteiger partial charge in [0, 0.05) is 11.9 Å². The van der Waals surface area contributed by atoms with Crippen LogP contribution in [0.25, 0.3) is 0 Å². The molecule has 2 rings (SSSR count). The summed E-state index contributed by atoms with van der Waals surface area (Å²) in [4.78, 5) is 4.03. The summed E-state index contributed by atoms with van der Waals surface area (Å²) in [6, 6.07) is 7.78. The van der Waals surface area contributed by atoms with Crippen molar-refractivity contribution in [3.63, 3.8) is 0 Å². The lowest BCUT2D eigenvalue weighted by molar-refractivity contribution is -0.137. The molecule has 0 amide bonds. The van der Waals surface area contributed by atoms with Crippen molar-refractivity contribution >= 4 is 5.69 Å². The summed E-state index contributed by atoms with van der Waals surface area (Å²) in [5.41, 5.74) is 6.04. The van der Waals surface area contributed by atoms with Crippen LogP contribution >= 0.6 is 0 Å². The highest BCUT2D eigenvalue weighted by Crippen LogP contribution is 2.30. The first-order valence-corrected chi connectivity index (χ1v) is 5.45. The molecule has 0 saturated heterocycles. The molecule has 0 spiro atoms. The highest BCUT2D eigenvalue weighted by atomic mass is 19.4. The molecular weight excluding hydrogens is 257 g/mol. The second kappa shape index (κ2) is 5.17. The van der Waals surface area contributed by atoms with Crippen LogP contribution in [-0.2, 0) is 12.8 Å². The number of hydrogen-bond acceptors (Lipinski definition) is 3.